The highest BCUT2D eigenvalue weighted by molar-refractivity contribution is 6.30. The van der Waals surface area contributed by atoms with E-state index in [0.717, 1.165) is 55.5 Å². The minimum absolute atomic E-state index is 0.0506. The van der Waals surface area contributed by atoms with Gasteiger partial charge in [-0.2, -0.15) is 0 Å². The minimum Gasteiger partial charge on any atom is -0.378 e. The number of amides is 1. The lowest BCUT2D eigenvalue weighted by Crippen LogP contribution is -2.36. The van der Waals surface area contributed by atoms with Gasteiger partial charge in [0.15, 0.2) is 0 Å². The molecule has 5 heteroatoms. The fourth-order valence-corrected chi connectivity index (χ4v) is 3.10. The van der Waals surface area contributed by atoms with Crippen molar-refractivity contribution in [1.29, 1.82) is 0 Å². The van der Waals surface area contributed by atoms with Crippen molar-refractivity contribution in [2.45, 2.75) is 19.3 Å². The summed E-state index contributed by atoms with van der Waals surface area (Å²) in [5.74, 6) is 0.0506. The Labute approximate surface area is 153 Å². The zero-order chi connectivity index (χ0) is 17.5. The van der Waals surface area contributed by atoms with E-state index >= 15 is 0 Å². The molecule has 2 aromatic carbocycles. The van der Waals surface area contributed by atoms with E-state index in [4.69, 9.17) is 16.3 Å². The summed E-state index contributed by atoms with van der Waals surface area (Å²) in [6.45, 7) is 3.15. The molecule has 1 heterocycles. The van der Waals surface area contributed by atoms with Crippen LogP contribution >= 0.6 is 11.6 Å². The SMILES string of the molecule is O=C(CCCc1ccc(Cl)cc1)Nc1ccccc1N1CCOCC1. The molecule has 3 rings (SSSR count). The second kappa shape index (κ2) is 8.88. The molecule has 0 atom stereocenters. The van der Waals surface area contributed by atoms with Gasteiger partial charge >= 0.3 is 0 Å². The van der Waals surface area contributed by atoms with Gasteiger partial charge in [0.05, 0.1) is 24.6 Å². The van der Waals surface area contributed by atoms with E-state index in [9.17, 15) is 4.79 Å². The van der Waals surface area contributed by atoms with Crippen molar-refractivity contribution in [1.82, 2.24) is 0 Å². The lowest BCUT2D eigenvalue weighted by atomic mass is 10.1. The van der Waals surface area contributed by atoms with Crippen molar-refractivity contribution in [3.63, 3.8) is 0 Å². The second-order valence-corrected chi connectivity index (χ2v) is 6.58. The summed E-state index contributed by atoms with van der Waals surface area (Å²) in [4.78, 5) is 14.6. The molecule has 0 radical (unpaired) electrons. The van der Waals surface area contributed by atoms with Gasteiger partial charge in [-0.1, -0.05) is 35.9 Å². The molecule has 25 heavy (non-hydrogen) atoms. The van der Waals surface area contributed by atoms with Crippen molar-refractivity contribution in [3.05, 3.63) is 59.1 Å². The van der Waals surface area contributed by atoms with Crippen LogP contribution in [0.3, 0.4) is 0 Å². The number of hydrogen-bond acceptors (Lipinski definition) is 3. The Morgan fingerprint density at radius 1 is 1.08 bits per heavy atom. The Balaban J connectivity index is 1.53. The van der Waals surface area contributed by atoms with E-state index in [0.29, 0.717) is 6.42 Å². The van der Waals surface area contributed by atoms with Crippen LogP contribution in [0.5, 0.6) is 0 Å². The summed E-state index contributed by atoms with van der Waals surface area (Å²) in [5.41, 5.74) is 3.14. The van der Waals surface area contributed by atoms with Gasteiger partial charge in [-0.15, -0.1) is 0 Å². The maximum Gasteiger partial charge on any atom is 0.224 e. The first-order valence-corrected chi connectivity index (χ1v) is 9.06. The van der Waals surface area contributed by atoms with E-state index in [1.807, 2.05) is 42.5 Å². The van der Waals surface area contributed by atoms with Crippen LogP contribution in [0.25, 0.3) is 0 Å². The van der Waals surface area contributed by atoms with Crippen LogP contribution in [0.1, 0.15) is 18.4 Å². The number of aryl methyl sites for hydroxylation is 1. The van der Waals surface area contributed by atoms with Gasteiger partial charge in [0.25, 0.3) is 0 Å². The Morgan fingerprint density at radius 3 is 2.56 bits per heavy atom. The predicted molar refractivity (Wildman–Crippen MR) is 102 cm³/mol. The Kier molecular flexibility index (Phi) is 6.31. The molecule has 132 valence electrons. The highest BCUT2D eigenvalue weighted by Gasteiger charge is 2.15. The number of carbonyl (C=O) groups is 1. The topological polar surface area (TPSA) is 41.6 Å². The van der Waals surface area contributed by atoms with E-state index in [1.165, 1.54) is 5.56 Å². The largest absolute Gasteiger partial charge is 0.378 e. The van der Waals surface area contributed by atoms with Crippen molar-refractivity contribution in [2.24, 2.45) is 0 Å². The zero-order valence-electron chi connectivity index (χ0n) is 14.2. The number of nitrogens with zero attached hydrogens (tertiary/aromatic N) is 1. The molecule has 1 aliphatic heterocycles. The smallest absolute Gasteiger partial charge is 0.224 e. The number of benzene rings is 2. The van der Waals surface area contributed by atoms with Gasteiger partial charge in [-0.3, -0.25) is 4.79 Å². The first-order valence-electron chi connectivity index (χ1n) is 8.68. The zero-order valence-corrected chi connectivity index (χ0v) is 15.0. The molecule has 1 aliphatic rings. The maximum absolute atomic E-state index is 12.3. The van der Waals surface area contributed by atoms with Crippen LogP contribution in [-0.2, 0) is 16.0 Å². The van der Waals surface area contributed by atoms with Gasteiger partial charge in [0.2, 0.25) is 5.91 Å². The maximum atomic E-state index is 12.3. The second-order valence-electron chi connectivity index (χ2n) is 6.14. The van der Waals surface area contributed by atoms with Gasteiger partial charge in [0, 0.05) is 24.5 Å². The van der Waals surface area contributed by atoms with Gasteiger partial charge in [-0.05, 0) is 42.7 Å². The van der Waals surface area contributed by atoms with Gasteiger partial charge in [-0.25, -0.2) is 0 Å². The molecule has 0 bridgehead atoms. The first kappa shape index (κ1) is 17.8. The lowest BCUT2D eigenvalue weighted by Gasteiger charge is -2.30. The van der Waals surface area contributed by atoms with Crippen LogP contribution in [0.2, 0.25) is 5.02 Å². The third kappa shape index (κ3) is 5.21. The number of para-hydroxylation sites is 2. The van der Waals surface area contributed by atoms with Crippen LogP contribution < -0.4 is 10.2 Å². The van der Waals surface area contributed by atoms with Crippen LogP contribution in [0.15, 0.2) is 48.5 Å². The summed E-state index contributed by atoms with van der Waals surface area (Å²) < 4.78 is 5.41. The molecule has 1 saturated heterocycles. The molecule has 1 fully saturated rings. The van der Waals surface area contributed by atoms with Gasteiger partial charge < -0.3 is 15.0 Å². The molecule has 0 saturated carbocycles. The molecule has 4 nitrogen and oxygen atoms in total. The molecular weight excluding hydrogens is 336 g/mol. The summed E-state index contributed by atoms with van der Waals surface area (Å²) in [5, 5.41) is 3.80. The molecule has 0 unspecified atom stereocenters. The average molecular weight is 359 g/mol. The molecule has 1 amide bonds. The van der Waals surface area contributed by atoms with E-state index in [1.54, 1.807) is 0 Å². The number of nitrogens with one attached hydrogen (secondary N) is 1. The van der Waals surface area contributed by atoms with E-state index < -0.39 is 0 Å². The van der Waals surface area contributed by atoms with Gasteiger partial charge in [0.1, 0.15) is 0 Å². The molecule has 0 aromatic heterocycles. The fraction of sp³-hybridized carbons (Fsp3) is 0.350. The molecule has 1 N–H and O–H groups in total. The fourth-order valence-electron chi connectivity index (χ4n) is 2.98. The highest BCUT2D eigenvalue weighted by Crippen LogP contribution is 2.26. The Morgan fingerprint density at radius 2 is 1.80 bits per heavy atom. The third-order valence-electron chi connectivity index (χ3n) is 4.31. The number of hydrogen-bond donors (Lipinski definition) is 1. The van der Waals surface area contributed by atoms with Crippen molar-refractivity contribution < 1.29 is 9.53 Å². The quantitative estimate of drug-likeness (QED) is 0.843. The Hall–Kier alpha value is -2.04. The Bertz CT molecular complexity index is 697. The van der Waals surface area contributed by atoms with Crippen LogP contribution in [0, 0.1) is 0 Å². The van der Waals surface area contributed by atoms with Crippen molar-refractivity contribution in [3.8, 4) is 0 Å². The summed E-state index contributed by atoms with van der Waals surface area (Å²) in [7, 11) is 0. The summed E-state index contributed by atoms with van der Waals surface area (Å²) >= 11 is 5.89. The lowest BCUT2D eigenvalue weighted by molar-refractivity contribution is -0.116. The predicted octanol–water partition coefficient (Wildman–Crippen LogP) is 4.14. The van der Waals surface area contributed by atoms with Crippen LogP contribution in [0.4, 0.5) is 11.4 Å². The molecule has 0 spiro atoms. The van der Waals surface area contributed by atoms with E-state index in [2.05, 4.69) is 16.3 Å². The third-order valence-corrected chi connectivity index (χ3v) is 4.56. The number of halogens is 1. The number of ether oxygens (including phenoxy) is 1. The summed E-state index contributed by atoms with van der Waals surface area (Å²) in [6, 6.07) is 15.7. The van der Waals surface area contributed by atoms with Crippen molar-refractivity contribution >= 4 is 28.9 Å². The van der Waals surface area contributed by atoms with Crippen LogP contribution in [-0.4, -0.2) is 32.2 Å². The normalized spacial score (nSPS) is 14.4. The molecular formula is C20H23ClN2O2. The number of morpholine rings is 1. The highest BCUT2D eigenvalue weighted by atomic mass is 35.5. The monoisotopic (exact) mass is 358 g/mol. The number of carbonyl (C=O) groups excluding carboxylic acids is 1. The van der Waals surface area contributed by atoms with E-state index in [-0.39, 0.29) is 5.91 Å². The number of rotatable bonds is 6. The molecule has 2 aromatic rings. The number of anilines is 2. The molecule has 0 aliphatic carbocycles. The first-order chi connectivity index (χ1) is 12.2. The van der Waals surface area contributed by atoms with Crippen molar-refractivity contribution in [2.75, 3.05) is 36.5 Å². The summed E-state index contributed by atoms with van der Waals surface area (Å²) in [6.07, 6.45) is 2.18. The average Bonchev–Trinajstić information content (AvgIpc) is 2.64. The standard InChI is InChI=1S/C20H23ClN2O2/c21-17-10-8-16(9-11-17)4-3-7-20(24)22-18-5-1-2-6-19(18)23-12-14-25-15-13-23/h1-2,5-6,8-11H,3-4,7,12-15H2,(H,22,24). The minimum atomic E-state index is 0.0506.